The Bertz CT molecular complexity index is 819. The number of aromatic nitrogens is 1. The fourth-order valence-corrected chi connectivity index (χ4v) is 2.90. The maximum atomic E-state index is 12.5. The second-order valence-corrected chi connectivity index (χ2v) is 6.56. The van der Waals surface area contributed by atoms with E-state index in [1.54, 1.807) is 6.07 Å². The minimum Gasteiger partial charge on any atom is -0.463 e. The zero-order valence-corrected chi connectivity index (χ0v) is 17.3. The van der Waals surface area contributed by atoms with Crippen molar-refractivity contribution in [1.82, 2.24) is 4.98 Å². The van der Waals surface area contributed by atoms with Crippen molar-refractivity contribution in [2.75, 3.05) is 6.61 Å². The topological polar surface area (TPSA) is 157 Å². The van der Waals surface area contributed by atoms with Gasteiger partial charge in [-0.25, -0.2) is 4.79 Å². The summed E-state index contributed by atoms with van der Waals surface area (Å²) in [6, 6.07) is 2.98. The van der Waals surface area contributed by atoms with Gasteiger partial charge < -0.3 is 33.4 Å². The van der Waals surface area contributed by atoms with Crippen LogP contribution < -0.4 is 0 Å². The molecule has 1 aliphatic heterocycles. The van der Waals surface area contributed by atoms with Gasteiger partial charge in [-0.15, -0.1) is 0 Å². The molecule has 1 fully saturated rings. The third-order valence-corrected chi connectivity index (χ3v) is 3.99. The Morgan fingerprint density at radius 1 is 0.839 bits per heavy atom. The van der Waals surface area contributed by atoms with Crippen LogP contribution in [0.15, 0.2) is 18.3 Å². The lowest BCUT2D eigenvalue weighted by molar-refractivity contribution is -0.296. The summed E-state index contributed by atoms with van der Waals surface area (Å²) in [5.41, 5.74) is 0.0641. The van der Waals surface area contributed by atoms with Gasteiger partial charge in [-0.2, -0.15) is 0 Å². The van der Waals surface area contributed by atoms with Gasteiger partial charge in [-0.3, -0.25) is 19.2 Å². The number of carbonyl (C=O) groups is 5. The first kappa shape index (κ1) is 23.9. The molecule has 0 saturated carbocycles. The van der Waals surface area contributed by atoms with Crippen LogP contribution in [0.3, 0.4) is 0 Å². The Morgan fingerprint density at radius 3 is 1.97 bits per heavy atom. The fraction of sp³-hybridized carbons (Fsp3) is 0.526. The number of esters is 5. The van der Waals surface area contributed by atoms with Crippen molar-refractivity contribution in [3.05, 3.63) is 24.0 Å². The lowest BCUT2D eigenvalue weighted by atomic mass is 9.98. The van der Waals surface area contributed by atoms with Gasteiger partial charge in [0.05, 0.1) is 0 Å². The summed E-state index contributed by atoms with van der Waals surface area (Å²) in [6.45, 7) is 4.02. The summed E-state index contributed by atoms with van der Waals surface area (Å²) in [7, 11) is 0. The molecule has 12 nitrogen and oxygen atoms in total. The van der Waals surface area contributed by atoms with Gasteiger partial charge in [0.15, 0.2) is 12.2 Å². The molecule has 0 aliphatic carbocycles. The molecule has 1 N–H and O–H groups in total. The van der Waals surface area contributed by atoms with Crippen LogP contribution >= 0.6 is 0 Å². The quantitative estimate of drug-likeness (QED) is 0.457. The summed E-state index contributed by atoms with van der Waals surface area (Å²) in [4.78, 5) is 61.4. The Balaban J connectivity index is 2.42. The average molecular weight is 441 g/mol. The summed E-state index contributed by atoms with van der Waals surface area (Å²) in [5.74, 6) is -3.87. The number of hydrogen-bond acceptors (Lipinski definition) is 11. The first-order valence-corrected chi connectivity index (χ1v) is 9.23. The second kappa shape index (κ2) is 10.6. The number of aromatic amines is 1. The van der Waals surface area contributed by atoms with Crippen LogP contribution in [0.5, 0.6) is 0 Å². The lowest BCUT2D eigenvalue weighted by Gasteiger charge is -2.43. The molecule has 12 heteroatoms. The number of H-pyrrole nitrogens is 1. The van der Waals surface area contributed by atoms with E-state index in [9.17, 15) is 24.0 Å². The van der Waals surface area contributed by atoms with Crippen LogP contribution in [0, 0.1) is 0 Å². The van der Waals surface area contributed by atoms with Crippen molar-refractivity contribution in [3.8, 4) is 0 Å². The second-order valence-electron chi connectivity index (χ2n) is 6.56. The molecule has 5 atom stereocenters. The number of hydrogen-bond donors (Lipinski definition) is 1. The predicted molar refractivity (Wildman–Crippen MR) is 98.2 cm³/mol. The van der Waals surface area contributed by atoms with Gasteiger partial charge in [-0.1, -0.05) is 0 Å². The Hall–Kier alpha value is -3.41. The minimum absolute atomic E-state index is 0.0641. The fourth-order valence-electron chi connectivity index (χ4n) is 2.90. The molecular formula is C19H23NO11. The SMILES string of the molecule is CC(=O)OC[C@H]1O[C@H](OC(C)=O)[C@H](OC(=O)c2ccc[nH]2)[C@@H](OC(C)=O)[C@@H]1OC(C)=O. The highest BCUT2D eigenvalue weighted by molar-refractivity contribution is 5.87. The molecule has 0 unspecified atom stereocenters. The highest BCUT2D eigenvalue weighted by Gasteiger charge is 2.53. The van der Waals surface area contributed by atoms with E-state index in [2.05, 4.69) is 4.98 Å². The van der Waals surface area contributed by atoms with Gasteiger partial charge in [0.1, 0.15) is 18.4 Å². The van der Waals surface area contributed by atoms with Crippen molar-refractivity contribution < 1.29 is 52.4 Å². The van der Waals surface area contributed by atoms with E-state index in [4.69, 9.17) is 28.4 Å². The van der Waals surface area contributed by atoms with Gasteiger partial charge in [-0.05, 0) is 12.1 Å². The summed E-state index contributed by atoms with van der Waals surface area (Å²) < 4.78 is 31.6. The normalized spacial score (nSPS) is 25.1. The molecule has 0 aromatic carbocycles. The van der Waals surface area contributed by atoms with Crippen molar-refractivity contribution in [1.29, 1.82) is 0 Å². The van der Waals surface area contributed by atoms with E-state index in [0.717, 1.165) is 27.7 Å². The van der Waals surface area contributed by atoms with Crippen LogP contribution in [-0.4, -0.2) is 72.1 Å². The molecule has 1 aromatic heterocycles. The largest absolute Gasteiger partial charge is 0.463 e. The van der Waals surface area contributed by atoms with Crippen LogP contribution in [0.4, 0.5) is 0 Å². The maximum Gasteiger partial charge on any atom is 0.355 e. The minimum atomic E-state index is -1.55. The Morgan fingerprint density at radius 2 is 1.45 bits per heavy atom. The predicted octanol–water partition coefficient (Wildman–Crippen LogP) is 0.255. The Labute approximate surface area is 177 Å². The molecule has 2 heterocycles. The third-order valence-electron chi connectivity index (χ3n) is 3.99. The van der Waals surface area contributed by atoms with Gasteiger partial charge in [0.2, 0.25) is 12.4 Å². The molecular weight excluding hydrogens is 418 g/mol. The molecule has 170 valence electrons. The van der Waals surface area contributed by atoms with E-state index < -0.39 is 67.2 Å². The highest BCUT2D eigenvalue weighted by Crippen LogP contribution is 2.30. The number of nitrogens with one attached hydrogen (secondary N) is 1. The van der Waals surface area contributed by atoms with Crippen molar-refractivity contribution in [3.63, 3.8) is 0 Å². The van der Waals surface area contributed by atoms with Crippen LogP contribution in [0.2, 0.25) is 0 Å². The zero-order valence-electron chi connectivity index (χ0n) is 17.3. The van der Waals surface area contributed by atoms with E-state index in [-0.39, 0.29) is 5.69 Å². The molecule has 0 spiro atoms. The van der Waals surface area contributed by atoms with E-state index in [0.29, 0.717) is 0 Å². The number of rotatable bonds is 7. The lowest BCUT2D eigenvalue weighted by Crippen LogP contribution is -2.63. The smallest absolute Gasteiger partial charge is 0.355 e. The first-order valence-electron chi connectivity index (χ1n) is 9.23. The summed E-state index contributed by atoms with van der Waals surface area (Å²) in [6.07, 6.45) is -5.53. The molecule has 31 heavy (non-hydrogen) atoms. The standard InChI is InChI=1S/C19H23NO11/c1-9(21)26-8-14-15(27-10(2)22)16(28-11(3)23)17(19(30-14)29-12(4)24)31-18(25)13-6-5-7-20-13/h5-7,14-17,19-20H,8H2,1-4H3/t14-,15-,16+,17-,19+/m1/s1. The maximum absolute atomic E-state index is 12.5. The molecule has 0 bridgehead atoms. The van der Waals surface area contributed by atoms with Gasteiger partial charge >= 0.3 is 29.8 Å². The van der Waals surface area contributed by atoms with E-state index in [1.165, 1.54) is 12.3 Å². The van der Waals surface area contributed by atoms with Crippen molar-refractivity contribution >= 4 is 29.8 Å². The third kappa shape index (κ3) is 6.81. The average Bonchev–Trinajstić information content (AvgIpc) is 3.18. The highest BCUT2D eigenvalue weighted by atomic mass is 16.7. The molecule has 1 saturated heterocycles. The first-order chi connectivity index (χ1) is 14.6. The molecule has 1 aromatic rings. The van der Waals surface area contributed by atoms with Gasteiger partial charge in [0.25, 0.3) is 0 Å². The van der Waals surface area contributed by atoms with Crippen LogP contribution in [0.1, 0.15) is 38.2 Å². The number of carbonyl (C=O) groups excluding carboxylic acids is 5. The molecule has 0 amide bonds. The molecule has 0 radical (unpaired) electrons. The molecule has 1 aliphatic rings. The monoisotopic (exact) mass is 441 g/mol. The van der Waals surface area contributed by atoms with Crippen molar-refractivity contribution in [2.24, 2.45) is 0 Å². The summed E-state index contributed by atoms with van der Waals surface area (Å²) in [5, 5.41) is 0. The van der Waals surface area contributed by atoms with Crippen LogP contribution in [0.25, 0.3) is 0 Å². The molecule has 2 rings (SSSR count). The van der Waals surface area contributed by atoms with Crippen molar-refractivity contribution in [2.45, 2.75) is 58.4 Å². The number of ether oxygens (including phenoxy) is 6. The van der Waals surface area contributed by atoms with Gasteiger partial charge in [0, 0.05) is 33.9 Å². The zero-order chi connectivity index (χ0) is 23.1. The van der Waals surface area contributed by atoms with Crippen LogP contribution in [-0.2, 0) is 47.6 Å². The van der Waals surface area contributed by atoms with E-state index >= 15 is 0 Å². The summed E-state index contributed by atoms with van der Waals surface area (Å²) >= 11 is 0. The Kier molecular flexibility index (Phi) is 8.14. The van der Waals surface area contributed by atoms with E-state index in [1.807, 2.05) is 0 Å².